The van der Waals surface area contributed by atoms with Crippen molar-refractivity contribution < 1.29 is 4.79 Å². The van der Waals surface area contributed by atoms with Gasteiger partial charge in [0.05, 0.1) is 11.9 Å². The van der Waals surface area contributed by atoms with Gasteiger partial charge in [-0.2, -0.15) is 15.0 Å². The summed E-state index contributed by atoms with van der Waals surface area (Å²) in [5.41, 5.74) is 1.93. The second-order valence-electron chi connectivity index (χ2n) is 5.51. The van der Waals surface area contributed by atoms with Crippen molar-refractivity contribution in [2.75, 3.05) is 0 Å². The Morgan fingerprint density at radius 3 is 2.62 bits per heavy atom. The van der Waals surface area contributed by atoms with E-state index in [0.717, 1.165) is 17.1 Å². The first kappa shape index (κ1) is 15.7. The molecule has 128 valence electrons. The van der Waals surface area contributed by atoms with Crippen LogP contribution in [0, 0.1) is 0 Å². The maximum absolute atomic E-state index is 12.3. The van der Waals surface area contributed by atoms with Gasteiger partial charge in [0.2, 0.25) is 0 Å². The molecule has 4 aromatic rings. The fourth-order valence-electron chi connectivity index (χ4n) is 2.39. The zero-order chi connectivity index (χ0) is 17.8. The van der Waals surface area contributed by atoms with Gasteiger partial charge in [0.1, 0.15) is 0 Å². The summed E-state index contributed by atoms with van der Waals surface area (Å²) in [6.07, 6.45) is 6.66. The van der Waals surface area contributed by atoms with E-state index in [9.17, 15) is 4.79 Å². The molecule has 0 aliphatic rings. The first-order valence-electron chi connectivity index (χ1n) is 8.00. The van der Waals surface area contributed by atoms with Gasteiger partial charge in [0.15, 0.2) is 11.5 Å². The van der Waals surface area contributed by atoms with E-state index in [0.29, 0.717) is 6.54 Å². The number of para-hydroxylation sites is 1. The molecule has 0 atom stereocenters. The fraction of sp³-hybridized carbons (Fsp3) is 0.0556. The predicted molar refractivity (Wildman–Crippen MR) is 93.9 cm³/mol. The minimum Gasteiger partial charge on any atom is -0.346 e. The summed E-state index contributed by atoms with van der Waals surface area (Å²) in [6.45, 7) is 0.351. The molecule has 0 unspecified atom stereocenters. The van der Waals surface area contributed by atoms with Crippen LogP contribution >= 0.6 is 0 Å². The third kappa shape index (κ3) is 3.34. The molecule has 26 heavy (non-hydrogen) atoms. The molecule has 0 bridgehead atoms. The van der Waals surface area contributed by atoms with Crippen LogP contribution in [-0.2, 0) is 6.54 Å². The zero-order valence-corrected chi connectivity index (χ0v) is 13.7. The van der Waals surface area contributed by atoms with Crippen LogP contribution in [0.3, 0.4) is 0 Å². The van der Waals surface area contributed by atoms with Crippen LogP contribution in [0.15, 0.2) is 73.3 Å². The monoisotopic (exact) mass is 345 g/mol. The Morgan fingerprint density at radius 2 is 1.88 bits per heavy atom. The molecule has 0 fully saturated rings. The van der Waals surface area contributed by atoms with Crippen LogP contribution in [0.25, 0.3) is 11.5 Å². The van der Waals surface area contributed by atoms with Gasteiger partial charge in [-0.1, -0.05) is 24.3 Å². The molecule has 3 aromatic heterocycles. The van der Waals surface area contributed by atoms with E-state index in [2.05, 4.69) is 25.6 Å². The Labute approximate surface area is 149 Å². The van der Waals surface area contributed by atoms with Crippen LogP contribution in [0.1, 0.15) is 16.1 Å². The molecule has 0 aliphatic heterocycles. The highest BCUT2D eigenvalue weighted by molar-refractivity contribution is 5.91. The Balaban J connectivity index is 1.39. The van der Waals surface area contributed by atoms with Crippen LogP contribution in [0.5, 0.6) is 0 Å². The number of hydrogen-bond donors (Lipinski definition) is 1. The molecule has 0 saturated carbocycles. The van der Waals surface area contributed by atoms with Gasteiger partial charge >= 0.3 is 0 Å². The second-order valence-corrected chi connectivity index (χ2v) is 5.51. The summed E-state index contributed by atoms with van der Waals surface area (Å²) in [5, 5.41) is 15.3. The lowest BCUT2D eigenvalue weighted by molar-refractivity contribution is 0.0945. The molecule has 4 rings (SSSR count). The molecule has 0 spiro atoms. The highest BCUT2D eigenvalue weighted by Crippen LogP contribution is 2.06. The van der Waals surface area contributed by atoms with Gasteiger partial charge in [0.25, 0.3) is 5.91 Å². The molecule has 0 saturated heterocycles. The summed E-state index contributed by atoms with van der Waals surface area (Å²) in [7, 11) is 0. The number of carbonyl (C=O) groups is 1. The number of benzene rings is 1. The van der Waals surface area contributed by atoms with Gasteiger partial charge < -0.3 is 5.32 Å². The van der Waals surface area contributed by atoms with Gasteiger partial charge in [-0.3, -0.25) is 4.79 Å². The van der Waals surface area contributed by atoms with E-state index in [-0.39, 0.29) is 11.6 Å². The van der Waals surface area contributed by atoms with E-state index in [1.54, 1.807) is 17.1 Å². The average molecular weight is 345 g/mol. The Morgan fingerprint density at radius 1 is 1.00 bits per heavy atom. The predicted octanol–water partition coefficient (Wildman–Crippen LogP) is 1.78. The molecule has 1 aromatic carbocycles. The molecule has 1 N–H and O–H groups in total. The molecular formula is C18H15N7O. The van der Waals surface area contributed by atoms with Crippen molar-refractivity contribution in [1.29, 1.82) is 0 Å². The lowest BCUT2D eigenvalue weighted by Crippen LogP contribution is -2.23. The average Bonchev–Trinajstić information content (AvgIpc) is 3.39. The van der Waals surface area contributed by atoms with Crippen molar-refractivity contribution in [2.24, 2.45) is 0 Å². The third-order valence-electron chi connectivity index (χ3n) is 3.71. The summed E-state index contributed by atoms with van der Waals surface area (Å²) in [6, 6.07) is 15.0. The van der Waals surface area contributed by atoms with Crippen molar-refractivity contribution in [3.63, 3.8) is 0 Å². The van der Waals surface area contributed by atoms with Gasteiger partial charge in [-0.25, -0.2) is 9.67 Å². The van der Waals surface area contributed by atoms with Gasteiger partial charge in [-0.15, -0.1) is 5.10 Å². The smallest absolute Gasteiger partial charge is 0.273 e. The Kier molecular flexibility index (Phi) is 4.21. The number of hydrogen-bond acceptors (Lipinski definition) is 5. The highest BCUT2D eigenvalue weighted by atomic mass is 16.2. The SMILES string of the molecule is O=C(NCc1ccc(-n2cccn2)nc1)c1cnn(-c2ccccc2)n1. The van der Waals surface area contributed by atoms with Crippen molar-refractivity contribution in [2.45, 2.75) is 6.54 Å². The van der Waals surface area contributed by atoms with E-state index < -0.39 is 0 Å². The van der Waals surface area contributed by atoms with Crippen LogP contribution in [0.4, 0.5) is 0 Å². The van der Waals surface area contributed by atoms with Crippen LogP contribution < -0.4 is 5.32 Å². The molecule has 8 nitrogen and oxygen atoms in total. The number of nitrogens with zero attached hydrogens (tertiary/aromatic N) is 6. The van der Waals surface area contributed by atoms with E-state index in [1.807, 2.05) is 54.7 Å². The third-order valence-corrected chi connectivity index (χ3v) is 3.71. The number of amides is 1. The number of pyridine rings is 1. The van der Waals surface area contributed by atoms with Gasteiger partial charge in [-0.05, 0) is 29.8 Å². The number of nitrogens with one attached hydrogen (secondary N) is 1. The number of aromatic nitrogens is 6. The maximum Gasteiger partial charge on any atom is 0.273 e. The van der Waals surface area contributed by atoms with Crippen molar-refractivity contribution in [3.05, 3.63) is 84.6 Å². The Hall–Kier alpha value is -3.81. The Bertz CT molecular complexity index is 992. The van der Waals surface area contributed by atoms with E-state index in [1.165, 1.54) is 11.0 Å². The lowest BCUT2D eigenvalue weighted by atomic mass is 10.2. The minimum atomic E-state index is -0.289. The number of rotatable bonds is 5. The van der Waals surface area contributed by atoms with E-state index >= 15 is 0 Å². The maximum atomic E-state index is 12.3. The zero-order valence-electron chi connectivity index (χ0n) is 13.7. The van der Waals surface area contributed by atoms with Crippen molar-refractivity contribution in [1.82, 2.24) is 35.1 Å². The fourth-order valence-corrected chi connectivity index (χ4v) is 2.39. The topological polar surface area (TPSA) is 90.5 Å². The summed E-state index contributed by atoms with van der Waals surface area (Å²) in [5.74, 6) is 0.430. The quantitative estimate of drug-likeness (QED) is 0.595. The van der Waals surface area contributed by atoms with Gasteiger partial charge in [0, 0.05) is 25.1 Å². The summed E-state index contributed by atoms with van der Waals surface area (Å²) >= 11 is 0. The number of carbonyl (C=O) groups excluding carboxylic acids is 1. The van der Waals surface area contributed by atoms with Crippen LogP contribution in [0.2, 0.25) is 0 Å². The molecular weight excluding hydrogens is 330 g/mol. The standard InChI is InChI=1S/C18H15N7O/c26-18(16-13-22-25(23-16)15-5-2-1-3-6-15)20-12-14-7-8-17(19-11-14)24-10-4-9-21-24/h1-11,13H,12H2,(H,20,26). The normalized spacial score (nSPS) is 10.6. The minimum absolute atomic E-state index is 0.259. The van der Waals surface area contributed by atoms with Crippen LogP contribution in [-0.4, -0.2) is 35.7 Å². The summed E-state index contributed by atoms with van der Waals surface area (Å²) < 4.78 is 1.67. The molecule has 0 aliphatic carbocycles. The van der Waals surface area contributed by atoms with E-state index in [4.69, 9.17) is 0 Å². The molecule has 1 amide bonds. The summed E-state index contributed by atoms with van der Waals surface area (Å²) in [4.78, 5) is 18.0. The second kappa shape index (κ2) is 6.98. The molecule has 8 heteroatoms. The highest BCUT2D eigenvalue weighted by Gasteiger charge is 2.11. The van der Waals surface area contributed by atoms with Crippen molar-refractivity contribution >= 4 is 5.91 Å². The molecule has 0 radical (unpaired) electrons. The largest absolute Gasteiger partial charge is 0.346 e. The van der Waals surface area contributed by atoms with Crippen molar-refractivity contribution in [3.8, 4) is 11.5 Å². The lowest BCUT2D eigenvalue weighted by Gasteiger charge is -2.05. The first-order chi connectivity index (χ1) is 12.8. The first-order valence-corrected chi connectivity index (χ1v) is 8.00. The molecule has 3 heterocycles.